The topological polar surface area (TPSA) is 40.6 Å². The predicted octanol–water partition coefficient (Wildman–Crippen LogP) is 3.26. The number of rotatable bonds is 3. The van der Waals surface area contributed by atoms with Crippen LogP contribution in [0.2, 0.25) is 0 Å². The van der Waals surface area contributed by atoms with Gasteiger partial charge in [-0.2, -0.15) is 4.31 Å². The molecule has 0 saturated carbocycles. The van der Waals surface area contributed by atoms with Crippen molar-refractivity contribution >= 4 is 15.7 Å². The fourth-order valence-corrected chi connectivity index (χ4v) is 4.90. The smallest absolute Gasteiger partial charge is 0.243 e. The van der Waals surface area contributed by atoms with E-state index in [0.29, 0.717) is 31.7 Å². The minimum atomic E-state index is -3.67. The Balaban J connectivity index is 1.80. The second-order valence-corrected chi connectivity index (χ2v) is 8.43. The molecule has 0 aliphatic carbocycles. The van der Waals surface area contributed by atoms with Crippen LogP contribution in [0.4, 0.5) is 10.1 Å². The molecular formula is C19H23FN2O2S. The number of aryl methyl sites for hydroxylation is 2. The first kappa shape index (κ1) is 17.9. The molecular weight excluding hydrogens is 339 g/mol. The lowest BCUT2D eigenvalue weighted by atomic mass is 10.1. The number of benzene rings is 2. The lowest BCUT2D eigenvalue weighted by Gasteiger charge is -2.36. The number of sulfonamides is 1. The Bertz CT molecular complexity index is 888. The first-order chi connectivity index (χ1) is 11.8. The third-order valence-corrected chi connectivity index (χ3v) is 6.96. The SMILES string of the molecule is Cc1ccc(F)cc1S(=O)(=O)N1CCN(c2cccc(C)c2C)CC1. The van der Waals surface area contributed by atoms with Crippen molar-refractivity contribution in [2.45, 2.75) is 25.7 Å². The molecule has 4 nitrogen and oxygen atoms in total. The highest BCUT2D eigenvalue weighted by atomic mass is 32.2. The fraction of sp³-hybridized carbons (Fsp3) is 0.368. The van der Waals surface area contributed by atoms with Crippen LogP contribution in [0.15, 0.2) is 41.3 Å². The van der Waals surface area contributed by atoms with Gasteiger partial charge in [-0.1, -0.05) is 18.2 Å². The highest BCUT2D eigenvalue weighted by molar-refractivity contribution is 7.89. The van der Waals surface area contributed by atoms with E-state index < -0.39 is 15.8 Å². The van der Waals surface area contributed by atoms with Crippen LogP contribution in [0.1, 0.15) is 16.7 Å². The summed E-state index contributed by atoms with van der Waals surface area (Å²) < 4.78 is 40.7. The van der Waals surface area contributed by atoms with Crippen LogP contribution in [0.5, 0.6) is 0 Å². The molecule has 134 valence electrons. The van der Waals surface area contributed by atoms with Crippen molar-refractivity contribution in [3.05, 3.63) is 58.9 Å². The normalized spacial score (nSPS) is 16.2. The third-order valence-electron chi connectivity index (χ3n) is 4.92. The van der Waals surface area contributed by atoms with Crippen molar-refractivity contribution in [1.29, 1.82) is 0 Å². The molecule has 0 spiro atoms. The first-order valence-corrected chi connectivity index (χ1v) is 9.82. The molecule has 0 bridgehead atoms. The van der Waals surface area contributed by atoms with Crippen molar-refractivity contribution in [3.63, 3.8) is 0 Å². The fourth-order valence-electron chi connectivity index (χ4n) is 3.24. The summed E-state index contributed by atoms with van der Waals surface area (Å²) in [5.41, 5.74) is 4.17. The quantitative estimate of drug-likeness (QED) is 0.841. The molecule has 2 aromatic rings. The zero-order valence-electron chi connectivity index (χ0n) is 14.8. The minimum absolute atomic E-state index is 0.0627. The van der Waals surface area contributed by atoms with Gasteiger partial charge in [-0.15, -0.1) is 0 Å². The summed E-state index contributed by atoms with van der Waals surface area (Å²) in [7, 11) is -3.67. The summed E-state index contributed by atoms with van der Waals surface area (Å²) in [4.78, 5) is 2.28. The molecule has 1 saturated heterocycles. The van der Waals surface area contributed by atoms with Crippen molar-refractivity contribution in [1.82, 2.24) is 4.31 Å². The highest BCUT2D eigenvalue weighted by Gasteiger charge is 2.30. The number of piperazine rings is 1. The number of nitrogens with zero attached hydrogens (tertiary/aromatic N) is 2. The average Bonchev–Trinajstić information content (AvgIpc) is 2.59. The third kappa shape index (κ3) is 3.41. The van der Waals surface area contributed by atoms with Crippen molar-refractivity contribution < 1.29 is 12.8 Å². The van der Waals surface area contributed by atoms with Gasteiger partial charge in [0.2, 0.25) is 10.0 Å². The summed E-state index contributed by atoms with van der Waals surface area (Å²) in [6.45, 7) is 7.89. The minimum Gasteiger partial charge on any atom is -0.369 e. The zero-order chi connectivity index (χ0) is 18.2. The van der Waals surface area contributed by atoms with E-state index in [-0.39, 0.29) is 4.90 Å². The largest absolute Gasteiger partial charge is 0.369 e. The maximum absolute atomic E-state index is 13.5. The van der Waals surface area contributed by atoms with Gasteiger partial charge in [0.1, 0.15) is 5.82 Å². The molecule has 0 radical (unpaired) electrons. The standard InChI is InChI=1S/C19H23FN2O2S/c1-14-5-4-6-18(16(14)3)21-9-11-22(12-10-21)25(23,24)19-13-17(20)8-7-15(19)2/h4-8,13H,9-12H2,1-3H3. The van der Waals surface area contributed by atoms with Gasteiger partial charge in [-0.25, -0.2) is 12.8 Å². The maximum Gasteiger partial charge on any atom is 0.243 e. The Hall–Kier alpha value is -1.92. The molecule has 1 aliphatic rings. The van der Waals surface area contributed by atoms with Crippen LogP contribution in [-0.2, 0) is 10.0 Å². The monoisotopic (exact) mass is 362 g/mol. The summed E-state index contributed by atoms with van der Waals surface area (Å²) in [5.74, 6) is -0.529. The van der Waals surface area contributed by atoms with Crippen molar-refractivity contribution in [2.75, 3.05) is 31.1 Å². The molecule has 25 heavy (non-hydrogen) atoms. The van der Waals surface area contributed by atoms with E-state index in [1.165, 1.54) is 27.6 Å². The first-order valence-electron chi connectivity index (χ1n) is 8.38. The van der Waals surface area contributed by atoms with E-state index in [1.54, 1.807) is 6.92 Å². The van der Waals surface area contributed by atoms with Crippen molar-refractivity contribution in [3.8, 4) is 0 Å². The van der Waals surface area contributed by atoms with Crippen LogP contribution < -0.4 is 4.90 Å². The molecule has 0 N–H and O–H groups in total. The van der Waals surface area contributed by atoms with E-state index >= 15 is 0 Å². The van der Waals surface area contributed by atoms with E-state index in [1.807, 2.05) is 6.07 Å². The van der Waals surface area contributed by atoms with E-state index in [9.17, 15) is 12.8 Å². The lowest BCUT2D eigenvalue weighted by Crippen LogP contribution is -2.49. The highest BCUT2D eigenvalue weighted by Crippen LogP contribution is 2.26. The van der Waals surface area contributed by atoms with E-state index in [4.69, 9.17) is 0 Å². The van der Waals surface area contributed by atoms with Crippen LogP contribution in [0, 0.1) is 26.6 Å². The van der Waals surface area contributed by atoms with Gasteiger partial charge in [0.15, 0.2) is 0 Å². The maximum atomic E-state index is 13.5. The molecule has 2 aromatic carbocycles. The van der Waals surface area contributed by atoms with Crippen LogP contribution in [0.3, 0.4) is 0 Å². The molecule has 0 unspecified atom stereocenters. The summed E-state index contributed by atoms with van der Waals surface area (Å²) in [6.07, 6.45) is 0. The summed E-state index contributed by atoms with van der Waals surface area (Å²) in [6, 6.07) is 10.1. The summed E-state index contributed by atoms with van der Waals surface area (Å²) >= 11 is 0. The van der Waals surface area contributed by atoms with Gasteiger partial charge in [0.05, 0.1) is 4.90 Å². The number of hydrogen-bond donors (Lipinski definition) is 0. The van der Waals surface area contributed by atoms with Crippen LogP contribution in [0.25, 0.3) is 0 Å². The second-order valence-electron chi connectivity index (χ2n) is 6.52. The molecule has 3 rings (SSSR count). The van der Waals surface area contributed by atoms with Gasteiger partial charge in [-0.3, -0.25) is 0 Å². The van der Waals surface area contributed by atoms with Gasteiger partial charge in [0, 0.05) is 31.9 Å². The number of hydrogen-bond acceptors (Lipinski definition) is 3. The zero-order valence-corrected chi connectivity index (χ0v) is 15.6. The van der Waals surface area contributed by atoms with Crippen molar-refractivity contribution in [2.24, 2.45) is 0 Å². The molecule has 0 amide bonds. The van der Waals surface area contributed by atoms with Crippen LogP contribution in [-0.4, -0.2) is 38.9 Å². The van der Waals surface area contributed by atoms with E-state index in [2.05, 4.69) is 30.9 Å². The predicted molar refractivity (Wildman–Crippen MR) is 98.0 cm³/mol. The average molecular weight is 362 g/mol. The molecule has 6 heteroatoms. The Morgan fingerprint density at radius 1 is 0.920 bits per heavy atom. The van der Waals surface area contributed by atoms with Gasteiger partial charge >= 0.3 is 0 Å². The molecule has 0 atom stereocenters. The van der Waals surface area contributed by atoms with Gasteiger partial charge in [-0.05, 0) is 55.7 Å². The molecule has 1 aliphatic heterocycles. The lowest BCUT2D eigenvalue weighted by molar-refractivity contribution is 0.384. The summed E-state index contributed by atoms with van der Waals surface area (Å²) in [5, 5.41) is 0. The Labute approximate surface area is 148 Å². The second kappa shape index (κ2) is 6.77. The van der Waals surface area contributed by atoms with E-state index in [0.717, 1.165) is 11.8 Å². The molecule has 1 fully saturated rings. The number of halogens is 1. The Morgan fingerprint density at radius 2 is 1.60 bits per heavy atom. The Kier molecular flexibility index (Phi) is 4.84. The Morgan fingerprint density at radius 3 is 2.28 bits per heavy atom. The van der Waals surface area contributed by atoms with Crippen LogP contribution >= 0.6 is 0 Å². The molecule has 1 heterocycles. The van der Waals surface area contributed by atoms with Gasteiger partial charge in [0.25, 0.3) is 0 Å². The molecule has 0 aromatic heterocycles. The van der Waals surface area contributed by atoms with Gasteiger partial charge < -0.3 is 4.90 Å². The number of anilines is 1.